The van der Waals surface area contributed by atoms with Crippen LogP contribution in [0.25, 0.3) is 0 Å². The first-order valence-corrected chi connectivity index (χ1v) is 6.68. The normalized spacial score (nSPS) is 17.7. The predicted molar refractivity (Wildman–Crippen MR) is 73.0 cm³/mol. The molecule has 1 heterocycles. The lowest BCUT2D eigenvalue weighted by Gasteiger charge is -2.22. The molecular weight excluding hydrogens is 274 g/mol. The van der Waals surface area contributed by atoms with Gasteiger partial charge in [0.2, 0.25) is 5.91 Å². The summed E-state index contributed by atoms with van der Waals surface area (Å²) in [6.45, 7) is -0.0726. The van der Waals surface area contributed by atoms with Gasteiger partial charge in [0.25, 0.3) is 0 Å². The molecule has 0 aromatic heterocycles. The van der Waals surface area contributed by atoms with Crippen LogP contribution in [-0.4, -0.2) is 42.4 Å². The van der Waals surface area contributed by atoms with Crippen LogP contribution in [0.3, 0.4) is 0 Å². The lowest BCUT2D eigenvalue weighted by atomic mass is 10.2. The van der Waals surface area contributed by atoms with Crippen molar-refractivity contribution in [2.45, 2.75) is 25.5 Å². The van der Waals surface area contributed by atoms with Gasteiger partial charge in [-0.3, -0.25) is 9.59 Å². The van der Waals surface area contributed by atoms with Gasteiger partial charge in [-0.15, -0.1) is 0 Å². The Hall–Kier alpha value is -2.37. The number of hydrogen-bond acceptors (Lipinski definition) is 5. The van der Waals surface area contributed by atoms with Gasteiger partial charge in [-0.05, 0) is 12.0 Å². The molecule has 0 spiro atoms. The van der Waals surface area contributed by atoms with Gasteiger partial charge in [0.1, 0.15) is 19.2 Å². The number of hydrogen-bond donors (Lipinski definition) is 0. The molecule has 0 saturated carbocycles. The van der Waals surface area contributed by atoms with E-state index >= 15 is 0 Å². The zero-order valence-corrected chi connectivity index (χ0v) is 11.8. The largest absolute Gasteiger partial charge is 0.468 e. The molecule has 0 unspecified atom stereocenters. The van der Waals surface area contributed by atoms with Gasteiger partial charge in [0.05, 0.1) is 7.11 Å². The molecule has 1 aliphatic heterocycles. The Morgan fingerprint density at radius 1 is 1.29 bits per heavy atom. The summed E-state index contributed by atoms with van der Waals surface area (Å²) in [7, 11) is 1.24. The van der Waals surface area contributed by atoms with Crippen molar-refractivity contribution < 1.29 is 23.9 Å². The van der Waals surface area contributed by atoms with Crippen molar-refractivity contribution in [2.75, 3.05) is 13.7 Å². The maximum atomic E-state index is 12.1. The van der Waals surface area contributed by atoms with E-state index in [-0.39, 0.29) is 25.5 Å². The Kier molecular flexibility index (Phi) is 4.92. The quantitative estimate of drug-likeness (QED) is 0.753. The molecule has 0 aliphatic carbocycles. The number of benzene rings is 1. The summed E-state index contributed by atoms with van der Waals surface area (Å²) in [5, 5.41) is 0. The van der Waals surface area contributed by atoms with Gasteiger partial charge in [0, 0.05) is 6.42 Å². The number of rotatable bonds is 5. The number of likely N-dealkylation sites (tertiary alicyclic amines) is 1. The van der Waals surface area contributed by atoms with Gasteiger partial charge < -0.3 is 14.4 Å². The number of carbonyl (C=O) groups excluding carboxylic acids is 3. The minimum Gasteiger partial charge on any atom is -0.468 e. The highest BCUT2D eigenvalue weighted by Gasteiger charge is 2.38. The molecule has 6 nitrogen and oxygen atoms in total. The topological polar surface area (TPSA) is 72.9 Å². The number of methoxy groups -OCH3 is 1. The van der Waals surface area contributed by atoms with Crippen LogP contribution in [0.4, 0.5) is 0 Å². The van der Waals surface area contributed by atoms with Gasteiger partial charge in [-0.1, -0.05) is 30.3 Å². The van der Waals surface area contributed by atoms with Crippen molar-refractivity contribution in [1.82, 2.24) is 4.90 Å². The third kappa shape index (κ3) is 3.81. The van der Waals surface area contributed by atoms with E-state index in [1.807, 2.05) is 30.3 Å². The Morgan fingerprint density at radius 3 is 2.67 bits per heavy atom. The number of amides is 1. The average Bonchev–Trinajstić information content (AvgIpc) is 2.87. The van der Waals surface area contributed by atoms with Gasteiger partial charge in [-0.2, -0.15) is 0 Å². The molecule has 1 aliphatic rings. The zero-order valence-electron chi connectivity index (χ0n) is 11.8. The molecule has 1 saturated heterocycles. The first kappa shape index (κ1) is 15.0. The molecule has 1 amide bonds. The Labute approximate surface area is 122 Å². The summed E-state index contributed by atoms with van der Waals surface area (Å²) < 4.78 is 9.75. The Balaban J connectivity index is 1.94. The summed E-state index contributed by atoms with van der Waals surface area (Å²) in [5.41, 5.74) is 0.870. The highest BCUT2D eigenvalue weighted by molar-refractivity contribution is 5.90. The van der Waals surface area contributed by atoms with E-state index in [1.165, 1.54) is 12.0 Å². The van der Waals surface area contributed by atoms with Crippen LogP contribution >= 0.6 is 0 Å². The lowest BCUT2D eigenvalue weighted by Crippen LogP contribution is -2.42. The van der Waals surface area contributed by atoms with E-state index in [1.54, 1.807) is 0 Å². The molecule has 1 atom stereocenters. The maximum Gasteiger partial charge on any atom is 0.329 e. The SMILES string of the molecule is COC(=O)CN1C(=O)CC[C@H]1C(=O)OCc1ccccc1. The second-order valence-corrected chi connectivity index (χ2v) is 4.75. The molecular formula is C15H17NO5. The fraction of sp³-hybridized carbons (Fsp3) is 0.400. The fourth-order valence-electron chi connectivity index (χ4n) is 2.21. The molecule has 6 heteroatoms. The average molecular weight is 291 g/mol. The van der Waals surface area contributed by atoms with Gasteiger partial charge in [0.15, 0.2) is 0 Å². The first-order valence-electron chi connectivity index (χ1n) is 6.68. The third-order valence-electron chi connectivity index (χ3n) is 3.35. The zero-order chi connectivity index (χ0) is 15.2. The Morgan fingerprint density at radius 2 is 2.00 bits per heavy atom. The highest BCUT2D eigenvalue weighted by atomic mass is 16.5. The van der Waals surface area contributed by atoms with Crippen molar-refractivity contribution in [3.8, 4) is 0 Å². The van der Waals surface area contributed by atoms with Crippen molar-refractivity contribution in [1.29, 1.82) is 0 Å². The predicted octanol–water partition coefficient (Wildman–Crippen LogP) is 0.894. The monoisotopic (exact) mass is 291 g/mol. The van der Waals surface area contributed by atoms with Crippen LogP contribution in [0.15, 0.2) is 30.3 Å². The molecule has 0 N–H and O–H groups in total. The fourth-order valence-corrected chi connectivity index (χ4v) is 2.21. The van der Waals surface area contributed by atoms with E-state index in [4.69, 9.17) is 4.74 Å². The molecule has 0 bridgehead atoms. The van der Waals surface area contributed by atoms with Crippen LogP contribution in [-0.2, 0) is 30.5 Å². The minimum atomic E-state index is -0.708. The number of ether oxygens (including phenoxy) is 2. The standard InChI is InChI=1S/C15H17NO5/c1-20-14(18)9-16-12(7-8-13(16)17)15(19)21-10-11-5-3-2-4-6-11/h2-6,12H,7-10H2,1H3/t12-/m0/s1. The van der Waals surface area contributed by atoms with Crippen molar-refractivity contribution in [3.05, 3.63) is 35.9 Å². The summed E-state index contributed by atoms with van der Waals surface area (Å²) >= 11 is 0. The lowest BCUT2D eigenvalue weighted by molar-refractivity contribution is -0.156. The number of esters is 2. The number of nitrogens with zero attached hydrogens (tertiary/aromatic N) is 1. The first-order chi connectivity index (χ1) is 10.1. The summed E-state index contributed by atoms with van der Waals surface area (Å²) in [4.78, 5) is 36.3. The molecule has 2 rings (SSSR count). The van der Waals surface area contributed by atoms with Gasteiger partial charge in [-0.25, -0.2) is 4.79 Å². The second-order valence-electron chi connectivity index (χ2n) is 4.75. The van der Waals surface area contributed by atoms with Crippen LogP contribution in [0, 0.1) is 0 Å². The van der Waals surface area contributed by atoms with Crippen molar-refractivity contribution in [2.24, 2.45) is 0 Å². The molecule has 1 aromatic rings. The molecule has 112 valence electrons. The van der Waals surface area contributed by atoms with E-state index in [9.17, 15) is 14.4 Å². The van der Waals surface area contributed by atoms with Gasteiger partial charge >= 0.3 is 11.9 Å². The smallest absolute Gasteiger partial charge is 0.329 e. The maximum absolute atomic E-state index is 12.1. The minimum absolute atomic E-state index is 0.149. The molecule has 0 radical (unpaired) electrons. The van der Waals surface area contributed by atoms with E-state index in [0.717, 1.165) is 5.56 Å². The molecule has 1 aromatic carbocycles. The molecule has 1 fully saturated rings. The van der Waals surface area contributed by atoms with Crippen LogP contribution in [0.1, 0.15) is 18.4 Å². The van der Waals surface area contributed by atoms with Crippen molar-refractivity contribution in [3.63, 3.8) is 0 Å². The van der Waals surface area contributed by atoms with Crippen LogP contribution in [0.2, 0.25) is 0 Å². The second kappa shape index (κ2) is 6.88. The van der Waals surface area contributed by atoms with Crippen LogP contribution in [0.5, 0.6) is 0 Å². The van der Waals surface area contributed by atoms with E-state index < -0.39 is 18.0 Å². The summed E-state index contributed by atoms with van der Waals surface area (Å²) in [6, 6.07) is 8.57. The third-order valence-corrected chi connectivity index (χ3v) is 3.35. The van der Waals surface area contributed by atoms with Crippen molar-refractivity contribution >= 4 is 17.8 Å². The van der Waals surface area contributed by atoms with Crippen LogP contribution < -0.4 is 0 Å². The highest BCUT2D eigenvalue weighted by Crippen LogP contribution is 2.20. The van der Waals surface area contributed by atoms with E-state index in [2.05, 4.69) is 4.74 Å². The molecule has 21 heavy (non-hydrogen) atoms. The summed E-state index contributed by atoms with van der Waals surface area (Å²) in [5.74, 6) is -1.28. The van der Waals surface area contributed by atoms with E-state index in [0.29, 0.717) is 6.42 Å². The Bertz CT molecular complexity index is 528. The number of carbonyl (C=O) groups is 3. The summed E-state index contributed by atoms with van der Waals surface area (Å²) in [6.07, 6.45) is 0.603.